The number of rotatable bonds is 4. The van der Waals surface area contributed by atoms with Crippen LogP contribution in [-0.4, -0.2) is 10.1 Å². The molecule has 0 aliphatic heterocycles. The zero-order chi connectivity index (χ0) is 17.2. The highest BCUT2D eigenvalue weighted by molar-refractivity contribution is 9.10. The zero-order valence-corrected chi connectivity index (χ0v) is 15.0. The third-order valence-corrected chi connectivity index (χ3v) is 4.68. The minimum Gasteiger partial charge on any atom is -0.356 e. The monoisotopic (exact) mass is 393 g/mol. The van der Waals surface area contributed by atoms with Crippen LogP contribution in [0.2, 0.25) is 0 Å². The molecule has 0 fully saturated rings. The van der Waals surface area contributed by atoms with Gasteiger partial charge in [0, 0.05) is 39.8 Å². The van der Waals surface area contributed by atoms with E-state index in [0.717, 1.165) is 38.0 Å². The number of hydrogen-bond acceptors (Lipinski definition) is 4. The van der Waals surface area contributed by atoms with Gasteiger partial charge in [0.1, 0.15) is 5.69 Å². The summed E-state index contributed by atoms with van der Waals surface area (Å²) < 4.78 is 6.42. The summed E-state index contributed by atoms with van der Waals surface area (Å²) in [7, 11) is 0. The molecule has 25 heavy (non-hydrogen) atoms. The summed E-state index contributed by atoms with van der Waals surface area (Å²) in [4.78, 5) is 4.43. The molecule has 0 amide bonds. The topological polar surface area (TPSA) is 64.9 Å². The van der Waals surface area contributed by atoms with Crippen molar-refractivity contribution in [1.29, 1.82) is 0 Å². The molecule has 2 aromatic carbocycles. The van der Waals surface area contributed by atoms with Crippen LogP contribution in [-0.2, 0) is 6.42 Å². The molecule has 5 heteroatoms. The third-order valence-electron chi connectivity index (χ3n) is 4.21. The first-order chi connectivity index (χ1) is 12.2. The molecular weight excluding hydrogens is 378 g/mol. The Morgan fingerprint density at radius 1 is 1.00 bits per heavy atom. The van der Waals surface area contributed by atoms with E-state index in [1.807, 2.05) is 60.7 Å². The van der Waals surface area contributed by atoms with Crippen LogP contribution in [0.25, 0.3) is 22.2 Å². The molecule has 0 spiro atoms. The van der Waals surface area contributed by atoms with Crippen LogP contribution in [0.15, 0.2) is 75.9 Å². The highest BCUT2D eigenvalue weighted by atomic mass is 79.9. The van der Waals surface area contributed by atoms with Gasteiger partial charge in [0.15, 0.2) is 5.58 Å². The average Bonchev–Trinajstić information content (AvgIpc) is 3.07. The number of halogens is 1. The Labute approximate surface area is 153 Å². The Morgan fingerprint density at radius 3 is 2.64 bits per heavy atom. The molecule has 4 aromatic rings. The standard InChI is InChI=1S/C20H16BrN3O/c21-13-9-10-14(23-12-13)11-18(22)15-5-1-2-6-16(15)20-17-7-3-4-8-19(17)25-24-20/h1-10,12,18H,11,22H2/t18-/m0/s1. The maximum absolute atomic E-state index is 6.51. The lowest BCUT2D eigenvalue weighted by atomic mass is 9.94. The van der Waals surface area contributed by atoms with Gasteiger partial charge in [-0.2, -0.15) is 0 Å². The lowest BCUT2D eigenvalue weighted by Gasteiger charge is -2.15. The molecule has 0 aliphatic carbocycles. The van der Waals surface area contributed by atoms with Gasteiger partial charge in [-0.15, -0.1) is 0 Å². The van der Waals surface area contributed by atoms with Crippen molar-refractivity contribution in [3.63, 3.8) is 0 Å². The number of benzene rings is 2. The molecule has 0 bridgehead atoms. The molecule has 0 unspecified atom stereocenters. The summed E-state index contributed by atoms with van der Waals surface area (Å²) >= 11 is 3.40. The summed E-state index contributed by atoms with van der Waals surface area (Å²) in [5.41, 5.74) is 11.1. The van der Waals surface area contributed by atoms with Gasteiger partial charge in [-0.1, -0.05) is 41.6 Å². The maximum atomic E-state index is 6.51. The number of fused-ring (bicyclic) bond motifs is 1. The minimum atomic E-state index is -0.180. The molecule has 2 N–H and O–H groups in total. The highest BCUT2D eigenvalue weighted by Gasteiger charge is 2.17. The highest BCUT2D eigenvalue weighted by Crippen LogP contribution is 2.33. The van der Waals surface area contributed by atoms with Crippen LogP contribution in [0.1, 0.15) is 17.3 Å². The first-order valence-electron chi connectivity index (χ1n) is 8.02. The van der Waals surface area contributed by atoms with Crippen molar-refractivity contribution in [2.45, 2.75) is 12.5 Å². The largest absolute Gasteiger partial charge is 0.356 e. The number of para-hydroxylation sites is 1. The van der Waals surface area contributed by atoms with Crippen molar-refractivity contribution >= 4 is 26.9 Å². The van der Waals surface area contributed by atoms with Crippen molar-refractivity contribution in [3.05, 3.63) is 82.6 Å². The normalized spacial score (nSPS) is 12.4. The van der Waals surface area contributed by atoms with Crippen molar-refractivity contribution in [2.24, 2.45) is 5.73 Å². The van der Waals surface area contributed by atoms with Gasteiger partial charge in [-0.25, -0.2) is 0 Å². The summed E-state index contributed by atoms with van der Waals surface area (Å²) in [5, 5.41) is 5.26. The molecule has 0 saturated heterocycles. The summed E-state index contributed by atoms with van der Waals surface area (Å²) in [6, 6.07) is 19.7. The van der Waals surface area contributed by atoms with Gasteiger partial charge in [0.05, 0.1) is 0 Å². The number of hydrogen-bond donors (Lipinski definition) is 1. The second-order valence-corrected chi connectivity index (χ2v) is 6.81. The van der Waals surface area contributed by atoms with E-state index in [-0.39, 0.29) is 6.04 Å². The van der Waals surface area contributed by atoms with E-state index in [0.29, 0.717) is 6.42 Å². The quantitative estimate of drug-likeness (QED) is 0.535. The first-order valence-corrected chi connectivity index (χ1v) is 8.81. The average molecular weight is 394 g/mol. The van der Waals surface area contributed by atoms with Crippen LogP contribution in [0.5, 0.6) is 0 Å². The van der Waals surface area contributed by atoms with E-state index >= 15 is 0 Å². The van der Waals surface area contributed by atoms with Crippen LogP contribution in [0.4, 0.5) is 0 Å². The molecule has 4 nitrogen and oxygen atoms in total. The Morgan fingerprint density at radius 2 is 1.80 bits per heavy atom. The fourth-order valence-corrected chi connectivity index (χ4v) is 3.21. The molecule has 0 saturated carbocycles. The van der Waals surface area contributed by atoms with E-state index in [1.54, 1.807) is 6.20 Å². The second-order valence-electron chi connectivity index (χ2n) is 5.89. The smallest absolute Gasteiger partial charge is 0.167 e. The van der Waals surface area contributed by atoms with Gasteiger partial charge >= 0.3 is 0 Å². The minimum absolute atomic E-state index is 0.180. The van der Waals surface area contributed by atoms with Crippen LogP contribution >= 0.6 is 15.9 Å². The number of aromatic nitrogens is 2. The number of pyridine rings is 1. The Balaban J connectivity index is 1.72. The first kappa shape index (κ1) is 16.0. The summed E-state index contributed by atoms with van der Waals surface area (Å²) in [6.07, 6.45) is 2.44. The van der Waals surface area contributed by atoms with Crippen molar-refractivity contribution in [2.75, 3.05) is 0 Å². The lowest BCUT2D eigenvalue weighted by molar-refractivity contribution is 0.459. The molecule has 0 radical (unpaired) electrons. The van der Waals surface area contributed by atoms with Crippen molar-refractivity contribution in [3.8, 4) is 11.3 Å². The van der Waals surface area contributed by atoms with Gasteiger partial charge in [-0.05, 0) is 45.8 Å². The Hall–Kier alpha value is -2.50. The van der Waals surface area contributed by atoms with E-state index in [2.05, 4.69) is 26.1 Å². The van der Waals surface area contributed by atoms with E-state index in [1.165, 1.54) is 0 Å². The number of nitrogens with zero attached hydrogens (tertiary/aromatic N) is 2. The maximum Gasteiger partial charge on any atom is 0.167 e. The van der Waals surface area contributed by atoms with E-state index < -0.39 is 0 Å². The Bertz CT molecular complexity index is 1010. The molecule has 4 rings (SSSR count). The van der Waals surface area contributed by atoms with E-state index in [4.69, 9.17) is 10.3 Å². The second kappa shape index (κ2) is 6.78. The summed E-state index contributed by atoms with van der Waals surface area (Å²) in [5.74, 6) is 0. The molecule has 124 valence electrons. The fraction of sp³-hybridized carbons (Fsp3) is 0.100. The molecule has 2 heterocycles. The van der Waals surface area contributed by atoms with Gasteiger partial charge in [0.2, 0.25) is 0 Å². The zero-order valence-electron chi connectivity index (χ0n) is 13.4. The van der Waals surface area contributed by atoms with Crippen molar-refractivity contribution < 1.29 is 4.52 Å². The van der Waals surface area contributed by atoms with Gasteiger partial charge in [-0.3, -0.25) is 4.98 Å². The van der Waals surface area contributed by atoms with Crippen LogP contribution in [0.3, 0.4) is 0 Å². The molecule has 2 aromatic heterocycles. The Kier molecular flexibility index (Phi) is 4.34. The number of nitrogens with two attached hydrogens (primary N) is 1. The third kappa shape index (κ3) is 3.21. The predicted octanol–water partition coefficient (Wildman–Crippen LogP) is 4.89. The molecular formula is C20H16BrN3O. The molecule has 0 aliphatic rings. The van der Waals surface area contributed by atoms with Gasteiger partial charge in [0.25, 0.3) is 0 Å². The van der Waals surface area contributed by atoms with Gasteiger partial charge < -0.3 is 10.3 Å². The molecule has 1 atom stereocenters. The summed E-state index contributed by atoms with van der Waals surface area (Å²) in [6.45, 7) is 0. The fourth-order valence-electron chi connectivity index (χ4n) is 2.98. The van der Waals surface area contributed by atoms with E-state index in [9.17, 15) is 0 Å². The predicted molar refractivity (Wildman–Crippen MR) is 102 cm³/mol. The lowest BCUT2D eigenvalue weighted by Crippen LogP contribution is -2.15. The SMILES string of the molecule is N[C@@H](Cc1ccc(Br)cn1)c1ccccc1-c1noc2ccccc12. The van der Waals surface area contributed by atoms with Crippen LogP contribution < -0.4 is 5.73 Å². The van der Waals surface area contributed by atoms with Crippen LogP contribution in [0, 0.1) is 0 Å². The van der Waals surface area contributed by atoms with Crippen molar-refractivity contribution in [1.82, 2.24) is 10.1 Å².